The third-order valence-electron chi connectivity index (χ3n) is 2.57. The predicted molar refractivity (Wildman–Crippen MR) is 60.4 cm³/mol. The average Bonchev–Trinajstić information content (AvgIpc) is 2.50. The maximum absolute atomic E-state index is 12.8. The van der Waals surface area contributed by atoms with Crippen molar-refractivity contribution >= 4 is 5.69 Å². The van der Waals surface area contributed by atoms with Crippen molar-refractivity contribution in [2.45, 2.75) is 6.18 Å². The summed E-state index contributed by atoms with van der Waals surface area (Å²) < 4.78 is 39.9. The van der Waals surface area contributed by atoms with Crippen LogP contribution in [0.25, 0.3) is 5.69 Å². The lowest BCUT2D eigenvalue weighted by Gasteiger charge is -2.11. The van der Waals surface area contributed by atoms with E-state index in [0.29, 0.717) is 10.4 Å². The summed E-state index contributed by atoms with van der Waals surface area (Å²) in [5.41, 5.74) is 2.76. The van der Waals surface area contributed by atoms with Crippen LogP contribution in [0.2, 0.25) is 0 Å². The third-order valence-corrected chi connectivity index (χ3v) is 2.57. The third kappa shape index (κ3) is 1.77. The Labute approximate surface area is 100 Å². The second-order valence-electron chi connectivity index (χ2n) is 3.74. The zero-order chi connectivity index (χ0) is 13.5. The van der Waals surface area contributed by atoms with Crippen LogP contribution in [0.1, 0.15) is 5.69 Å². The number of hydrogen-bond acceptors (Lipinski definition) is 2. The molecule has 2 aromatic rings. The van der Waals surface area contributed by atoms with E-state index in [0.717, 1.165) is 11.7 Å². The normalized spacial score (nSPS) is 11.8. The largest absolute Gasteiger partial charge is 0.435 e. The van der Waals surface area contributed by atoms with E-state index in [4.69, 9.17) is 5.73 Å². The SMILES string of the molecule is Cn1c(C(F)(F)F)c(N)c(=O)n1-c1ccccc1. The average molecular weight is 257 g/mol. The van der Waals surface area contributed by atoms with E-state index in [1.165, 1.54) is 12.1 Å². The minimum Gasteiger partial charge on any atom is -0.392 e. The van der Waals surface area contributed by atoms with Crippen LogP contribution in [0.4, 0.5) is 18.9 Å². The number of para-hydroxylation sites is 1. The summed E-state index contributed by atoms with van der Waals surface area (Å²) in [5, 5.41) is 0. The fraction of sp³-hybridized carbons (Fsp3) is 0.182. The van der Waals surface area contributed by atoms with Gasteiger partial charge in [0.1, 0.15) is 5.69 Å². The van der Waals surface area contributed by atoms with Crippen LogP contribution in [0.15, 0.2) is 35.1 Å². The molecular formula is C11H10F3N3O. The van der Waals surface area contributed by atoms with Gasteiger partial charge < -0.3 is 5.73 Å². The second-order valence-corrected chi connectivity index (χ2v) is 3.74. The summed E-state index contributed by atoms with van der Waals surface area (Å²) in [6.07, 6.45) is -4.67. The molecule has 0 radical (unpaired) electrons. The molecule has 0 fully saturated rings. The Bertz CT molecular complexity index is 625. The molecular weight excluding hydrogens is 247 g/mol. The molecule has 2 rings (SSSR count). The fourth-order valence-corrected chi connectivity index (χ4v) is 1.82. The van der Waals surface area contributed by atoms with Crippen molar-refractivity contribution in [1.82, 2.24) is 9.36 Å². The Balaban J connectivity index is 2.77. The van der Waals surface area contributed by atoms with Gasteiger partial charge in [-0.3, -0.25) is 9.48 Å². The van der Waals surface area contributed by atoms with E-state index >= 15 is 0 Å². The first-order chi connectivity index (χ1) is 8.34. The van der Waals surface area contributed by atoms with E-state index in [2.05, 4.69) is 0 Å². The van der Waals surface area contributed by atoms with Gasteiger partial charge in [-0.1, -0.05) is 18.2 Å². The molecule has 0 aliphatic carbocycles. The maximum Gasteiger partial charge on any atom is 0.435 e. The molecule has 2 N–H and O–H groups in total. The van der Waals surface area contributed by atoms with Crippen molar-refractivity contribution in [2.24, 2.45) is 7.05 Å². The van der Waals surface area contributed by atoms with Gasteiger partial charge in [-0.25, -0.2) is 4.68 Å². The number of alkyl halides is 3. The van der Waals surface area contributed by atoms with Gasteiger partial charge in [-0.05, 0) is 12.1 Å². The van der Waals surface area contributed by atoms with Gasteiger partial charge in [0, 0.05) is 7.05 Å². The molecule has 96 valence electrons. The number of aromatic nitrogens is 2. The van der Waals surface area contributed by atoms with Gasteiger partial charge in [0.2, 0.25) is 0 Å². The van der Waals surface area contributed by atoms with Gasteiger partial charge in [0.05, 0.1) is 5.69 Å². The Morgan fingerprint density at radius 3 is 2.17 bits per heavy atom. The van der Waals surface area contributed by atoms with Crippen LogP contribution in [0.5, 0.6) is 0 Å². The van der Waals surface area contributed by atoms with Crippen LogP contribution < -0.4 is 11.3 Å². The summed E-state index contributed by atoms with van der Waals surface area (Å²) in [4.78, 5) is 11.8. The Morgan fingerprint density at radius 2 is 1.72 bits per heavy atom. The Hall–Kier alpha value is -2.18. The van der Waals surface area contributed by atoms with Crippen LogP contribution in [-0.4, -0.2) is 9.36 Å². The first-order valence-electron chi connectivity index (χ1n) is 5.04. The highest BCUT2D eigenvalue weighted by atomic mass is 19.4. The minimum atomic E-state index is -4.67. The molecule has 0 aliphatic rings. The van der Waals surface area contributed by atoms with Crippen molar-refractivity contribution in [3.63, 3.8) is 0 Å². The van der Waals surface area contributed by atoms with Crippen molar-refractivity contribution in [2.75, 3.05) is 5.73 Å². The summed E-state index contributed by atoms with van der Waals surface area (Å²) in [6.45, 7) is 0. The Morgan fingerprint density at radius 1 is 1.17 bits per heavy atom. The van der Waals surface area contributed by atoms with Crippen LogP contribution in [-0.2, 0) is 13.2 Å². The first kappa shape index (κ1) is 12.3. The van der Waals surface area contributed by atoms with Crippen molar-refractivity contribution in [3.05, 3.63) is 46.4 Å². The van der Waals surface area contributed by atoms with E-state index in [1.807, 2.05) is 0 Å². The van der Waals surface area contributed by atoms with Gasteiger partial charge in [-0.15, -0.1) is 0 Å². The van der Waals surface area contributed by atoms with Crippen molar-refractivity contribution in [1.29, 1.82) is 0 Å². The topological polar surface area (TPSA) is 52.9 Å². The molecule has 0 bridgehead atoms. The molecule has 0 atom stereocenters. The maximum atomic E-state index is 12.8. The van der Waals surface area contributed by atoms with E-state index in [-0.39, 0.29) is 0 Å². The second kappa shape index (κ2) is 3.94. The van der Waals surface area contributed by atoms with E-state index < -0.39 is 23.1 Å². The molecule has 0 saturated carbocycles. The molecule has 0 amide bonds. The van der Waals surface area contributed by atoms with Gasteiger partial charge in [0.15, 0.2) is 5.69 Å². The molecule has 0 saturated heterocycles. The lowest BCUT2D eigenvalue weighted by atomic mass is 10.3. The highest BCUT2D eigenvalue weighted by Crippen LogP contribution is 2.32. The van der Waals surface area contributed by atoms with Crippen LogP contribution in [0, 0.1) is 0 Å². The van der Waals surface area contributed by atoms with E-state index in [1.54, 1.807) is 18.2 Å². The number of halogens is 3. The smallest absolute Gasteiger partial charge is 0.392 e. The number of rotatable bonds is 1. The number of anilines is 1. The fourth-order valence-electron chi connectivity index (χ4n) is 1.82. The molecule has 0 unspecified atom stereocenters. The number of benzene rings is 1. The summed E-state index contributed by atoms with van der Waals surface area (Å²) in [6, 6.07) is 8.00. The van der Waals surface area contributed by atoms with Crippen LogP contribution in [0.3, 0.4) is 0 Å². The van der Waals surface area contributed by atoms with Gasteiger partial charge >= 0.3 is 6.18 Å². The zero-order valence-electron chi connectivity index (χ0n) is 9.40. The molecule has 0 spiro atoms. The number of nitrogens with two attached hydrogens (primary N) is 1. The molecule has 7 heteroatoms. The first-order valence-corrected chi connectivity index (χ1v) is 5.04. The van der Waals surface area contributed by atoms with Gasteiger partial charge in [-0.2, -0.15) is 13.2 Å². The van der Waals surface area contributed by atoms with Crippen molar-refractivity contribution in [3.8, 4) is 5.69 Å². The summed E-state index contributed by atoms with van der Waals surface area (Å²) in [5.74, 6) is 0. The summed E-state index contributed by atoms with van der Waals surface area (Å²) >= 11 is 0. The van der Waals surface area contributed by atoms with Crippen molar-refractivity contribution < 1.29 is 13.2 Å². The molecule has 18 heavy (non-hydrogen) atoms. The monoisotopic (exact) mass is 257 g/mol. The molecule has 4 nitrogen and oxygen atoms in total. The standard InChI is InChI=1S/C11H10F3N3O/c1-16-9(11(12,13)14)8(15)10(18)17(16)7-5-3-2-4-6-7/h2-6H,15H2,1H3. The minimum absolute atomic E-state index is 0.326. The summed E-state index contributed by atoms with van der Waals surface area (Å²) in [7, 11) is 1.15. The van der Waals surface area contributed by atoms with Crippen LogP contribution >= 0.6 is 0 Å². The van der Waals surface area contributed by atoms with E-state index in [9.17, 15) is 18.0 Å². The lowest BCUT2D eigenvalue weighted by molar-refractivity contribution is -0.143. The zero-order valence-corrected chi connectivity index (χ0v) is 9.40. The molecule has 1 aromatic heterocycles. The molecule has 0 aliphatic heterocycles. The highest BCUT2D eigenvalue weighted by molar-refractivity contribution is 5.46. The number of nitrogens with zero attached hydrogens (tertiary/aromatic N) is 2. The molecule has 1 aromatic carbocycles. The molecule has 1 heterocycles. The predicted octanol–water partition coefficient (Wildman–Crippen LogP) is 1.78. The number of hydrogen-bond donors (Lipinski definition) is 1. The lowest BCUT2D eigenvalue weighted by Crippen LogP contribution is -2.21. The quantitative estimate of drug-likeness (QED) is 0.846. The van der Waals surface area contributed by atoms with Gasteiger partial charge in [0.25, 0.3) is 5.56 Å². The number of nitrogen functional groups attached to an aromatic ring is 1. The Kier molecular flexibility index (Phi) is 2.68. The highest BCUT2D eigenvalue weighted by Gasteiger charge is 2.39.